The van der Waals surface area contributed by atoms with Gasteiger partial charge in [-0.3, -0.25) is 4.79 Å². The molecule has 0 spiro atoms. The predicted molar refractivity (Wildman–Crippen MR) is 88.7 cm³/mol. The van der Waals surface area contributed by atoms with Crippen molar-refractivity contribution >= 4 is 11.6 Å². The quantitative estimate of drug-likeness (QED) is 0.787. The zero-order valence-corrected chi connectivity index (χ0v) is 13.0. The monoisotopic (exact) mass is 281 g/mol. The summed E-state index contributed by atoms with van der Waals surface area (Å²) < 4.78 is 0. The molecule has 0 heterocycles. The molecule has 2 aromatic carbocycles. The molecular formula is C19H23NO. The number of aryl methyl sites for hydroxylation is 1. The molecule has 110 valence electrons. The lowest BCUT2D eigenvalue weighted by molar-refractivity contribution is -0.120. The smallest absolute Gasteiger partial charge is 0.234 e. The van der Waals surface area contributed by atoms with E-state index < -0.39 is 0 Å². The zero-order chi connectivity index (χ0) is 15.2. The maximum absolute atomic E-state index is 13.0. The van der Waals surface area contributed by atoms with Crippen LogP contribution in [0.15, 0.2) is 54.6 Å². The largest absolute Gasteiger partial charge is 0.312 e. The first-order chi connectivity index (χ1) is 10.2. The van der Waals surface area contributed by atoms with Crippen LogP contribution in [0.4, 0.5) is 5.69 Å². The highest BCUT2D eigenvalue weighted by molar-refractivity contribution is 5.98. The van der Waals surface area contributed by atoms with Crippen LogP contribution in [0.5, 0.6) is 0 Å². The second kappa shape index (κ2) is 7.07. The Labute approximate surface area is 127 Å². The molecule has 0 radical (unpaired) electrons. The molecule has 1 unspecified atom stereocenters. The fraction of sp³-hybridized carbons (Fsp3) is 0.316. The van der Waals surface area contributed by atoms with Gasteiger partial charge in [-0.15, -0.1) is 0 Å². The molecule has 2 aromatic rings. The van der Waals surface area contributed by atoms with Gasteiger partial charge in [0.2, 0.25) is 5.91 Å². The van der Waals surface area contributed by atoms with Gasteiger partial charge in [-0.25, -0.2) is 0 Å². The van der Waals surface area contributed by atoms with Crippen LogP contribution < -0.4 is 4.90 Å². The van der Waals surface area contributed by atoms with Crippen molar-refractivity contribution in [3.63, 3.8) is 0 Å². The van der Waals surface area contributed by atoms with Gasteiger partial charge in [0.15, 0.2) is 0 Å². The Balaban J connectivity index is 2.33. The van der Waals surface area contributed by atoms with Crippen LogP contribution in [0, 0.1) is 6.92 Å². The van der Waals surface area contributed by atoms with Gasteiger partial charge in [-0.2, -0.15) is 0 Å². The van der Waals surface area contributed by atoms with Gasteiger partial charge in [0.1, 0.15) is 0 Å². The predicted octanol–water partition coefficient (Wildman–Crippen LogP) is 4.54. The molecule has 2 nitrogen and oxygen atoms in total. The van der Waals surface area contributed by atoms with Gasteiger partial charge in [0.05, 0.1) is 5.92 Å². The molecule has 2 rings (SSSR count). The number of benzene rings is 2. The van der Waals surface area contributed by atoms with E-state index in [1.54, 1.807) is 0 Å². The SMILES string of the molecule is CCC(C(=O)N(CC)c1ccccc1C)c1ccccc1. The van der Waals surface area contributed by atoms with Crippen LogP contribution in [0.1, 0.15) is 37.3 Å². The first kappa shape index (κ1) is 15.3. The second-order valence-corrected chi connectivity index (χ2v) is 5.24. The number of carbonyl (C=O) groups excluding carboxylic acids is 1. The Hall–Kier alpha value is -2.09. The lowest BCUT2D eigenvalue weighted by Crippen LogP contribution is -2.35. The molecule has 0 saturated carbocycles. The summed E-state index contributed by atoms with van der Waals surface area (Å²) in [6.07, 6.45) is 0.811. The van der Waals surface area contributed by atoms with Crippen molar-refractivity contribution in [2.75, 3.05) is 11.4 Å². The molecule has 0 aliphatic rings. The average Bonchev–Trinajstić information content (AvgIpc) is 2.52. The van der Waals surface area contributed by atoms with E-state index in [4.69, 9.17) is 0 Å². The number of amides is 1. The van der Waals surface area contributed by atoms with Crippen molar-refractivity contribution in [1.82, 2.24) is 0 Å². The van der Waals surface area contributed by atoms with E-state index in [0.29, 0.717) is 6.54 Å². The van der Waals surface area contributed by atoms with Crippen molar-refractivity contribution in [3.05, 3.63) is 65.7 Å². The number of likely N-dealkylation sites (N-methyl/N-ethyl adjacent to an activating group) is 1. The molecule has 0 fully saturated rings. The van der Waals surface area contributed by atoms with Crippen molar-refractivity contribution in [1.29, 1.82) is 0 Å². The van der Waals surface area contributed by atoms with E-state index in [-0.39, 0.29) is 11.8 Å². The Morgan fingerprint density at radius 3 is 2.19 bits per heavy atom. The highest BCUT2D eigenvalue weighted by Crippen LogP contribution is 2.27. The topological polar surface area (TPSA) is 20.3 Å². The van der Waals surface area contributed by atoms with Gasteiger partial charge < -0.3 is 4.90 Å². The van der Waals surface area contributed by atoms with Gasteiger partial charge in [0, 0.05) is 12.2 Å². The summed E-state index contributed by atoms with van der Waals surface area (Å²) in [6.45, 7) is 6.84. The first-order valence-electron chi connectivity index (χ1n) is 7.61. The highest BCUT2D eigenvalue weighted by atomic mass is 16.2. The van der Waals surface area contributed by atoms with Crippen molar-refractivity contribution in [3.8, 4) is 0 Å². The Morgan fingerprint density at radius 1 is 1.00 bits per heavy atom. The molecule has 0 aliphatic heterocycles. The Morgan fingerprint density at radius 2 is 1.62 bits per heavy atom. The van der Waals surface area contributed by atoms with Crippen molar-refractivity contribution in [2.45, 2.75) is 33.1 Å². The zero-order valence-electron chi connectivity index (χ0n) is 13.0. The average molecular weight is 281 g/mol. The van der Waals surface area contributed by atoms with Crippen LogP contribution in [-0.2, 0) is 4.79 Å². The maximum atomic E-state index is 13.0. The molecule has 0 saturated heterocycles. The number of hydrogen-bond donors (Lipinski definition) is 0. The Bertz CT molecular complexity index is 592. The summed E-state index contributed by atoms with van der Waals surface area (Å²) in [6, 6.07) is 18.1. The van der Waals surface area contributed by atoms with E-state index in [0.717, 1.165) is 23.2 Å². The number of rotatable bonds is 5. The van der Waals surface area contributed by atoms with Crippen LogP contribution in [0.3, 0.4) is 0 Å². The summed E-state index contributed by atoms with van der Waals surface area (Å²) in [5.74, 6) is 0.103. The van der Waals surface area contributed by atoms with Crippen molar-refractivity contribution in [2.24, 2.45) is 0 Å². The number of hydrogen-bond acceptors (Lipinski definition) is 1. The normalized spacial score (nSPS) is 12.0. The van der Waals surface area contributed by atoms with E-state index in [9.17, 15) is 4.79 Å². The summed E-state index contributed by atoms with van der Waals surface area (Å²) in [5, 5.41) is 0. The number of anilines is 1. The van der Waals surface area contributed by atoms with E-state index >= 15 is 0 Å². The molecular weight excluding hydrogens is 258 g/mol. The lowest BCUT2D eigenvalue weighted by atomic mass is 9.94. The maximum Gasteiger partial charge on any atom is 0.234 e. The standard InChI is InChI=1S/C19H23NO/c1-4-17(16-12-7-6-8-13-16)19(21)20(5-2)18-14-10-9-11-15(18)3/h6-14,17H,4-5H2,1-3H3. The second-order valence-electron chi connectivity index (χ2n) is 5.24. The fourth-order valence-corrected chi connectivity index (χ4v) is 2.74. The molecule has 2 heteroatoms. The van der Waals surface area contributed by atoms with Crippen LogP contribution >= 0.6 is 0 Å². The van der Waals surface area contributed by atoms with E-state index in [1.807, 2.05) is 60.4 Å². The van der Waals surface area contributed by atoms with E-state index in [2.05, 4.69) is 19.9 Å². The third-order valence-electron chi connectivity index (χ3n) is 3.90. The highest BCUT2D eigenvalue weighted by Gasteiger charge is 2.25. The molecule has 0 aromatic heterocycles. The van der Waals surface area contributed by atoms with Crippen LogP contribution in [0.2, 0.25) is 0 Å². The summed E-state index contributed by atoms with van der Waals surface area (Å²) in [4.78, 5) is 14.9. The van der Waals surface area contributed by atoms with Crippen LogP contribution in [0.25, 0.3) is 0 Å². The molecule has 0 bridgehead atoms. The molecule has 21 heavy (non-hydrogen) atoms. The van der Waals surface area contributed by atoms with Gasteiger partial charge in [0.25, 0.3) is 0 Å². The van der Waals surface area contributed by atoms with Gasteiger partial charge >= 0.3 is 0 Å². The number of carbonyl (C=O) groups is 1. The minimum atomic E-state index is -0.0780. The fourth-order valence-electron chi connectivity index (χ4n) is 2.74. The molecule has 0 aliphatic carbocycles. The van der Waals surface area contributed by atoms with Crippen LogP contribution in [-0.4, -0.2) is 12.5 Å². The van der Waals surface area contributed by atoms with Crippen molar-refractivity contribution < 1.29 is 4.79 Å². The molecule has 1 amide bonds. The lowest BCUT2D eigenvalue weighted by Gasteiger charge is -2.27. The third kappa shape index (κ3) is 3.33. The van der Waals surface area contributed by atoms with Gasteiger partial charge in [-0.05, 0) is 37.5 Å². The van der Waals surface area contributed by atoms with Gasteiger partial charge in [-0.1, -0.05) is 55.5 Å². The summed E-state index contributed by atoms with van der Waals surface area (Å²) in [5.41, 5.74) is 3.24. The molecule has 0 N–H and O–H groups in total. The minimum absolute atomic E-state index is 0.0780. The minimum Gasteiger partial charge on any atom is -0.312 e. The summed E-state index contributed by atoms with van der Waals surface area (Å²) in [7, 11) is 0. The molecule has 1 atom stereocenters. The number of nitrogens with zero attached hydrogens (tertiary/aromatic N) is 1. The van der Waals surface area contributed by atoms with E-state index in [1.165, 1.54) is 0 Å². The first-order valence-corrected chi connectivity index (χ1v) is 7.61. The number of para-hydroxylation sites is 1. The third-order valence-corrected chi connectivity index (χ3v) is 3.90. The Kier molecular flexibility index (Phi) is 5.15. The summed E-state index contributed by atoms with van der Waals surface area (Å²) >= 11 is 0.